The first-order valence-electron chi connectivity index (χ1n) is 11.4. The Labute approximate surface area is 174 Å². The summed E-state index contributed by atoms with van der Waals surface area (Å²) in [5.74, 6) is 2.43. The quantitative estimate of drug-likeness (QED) is 0.707. The van der Waals surface area contributed by atoms with Crippen molar-refractivity contribution in [2.75, 3.05) is 7.11 Å². The summed E-state index contributed by atoms with van der Waals surface area (Å²) in [6.07, 6.45) is 12.5. The summed E-state index contributed by atoms with van der Waals surface area (Å²) in [4.78, 5) is 23.7. The van der Waals surface area contributed by atoms with E-state index in [-0.39, 0.29) is 16.6 Å². The van der Waals surface area contributed by atoms with Gasteiger partial charge in [0.15, 0.2) is 11.9 Å². The summed E-state index contributed by atoms with van der Waals surface area (Å²) in [6, 6.07) is 0. The number of carbonyl (C=O) groups is 2. The predicted molar refractivity (Wildman–Crippen MR) is 112 cm³/mol. The molecule has 0 aromatic carbocycles. The molecule has 0 amide bonds. The number of hydrogen-bond donors (Lipinski definition) is 1. The van der Waals surface area contributed by atoms with E-state index in [2.05, 4.69) is 32.9 Å². The number of hydrogen-bond acceptors (Lipinski definition) is 4. The number of carbonyl (C=O) groups excluding carboxylic acids is 2. The molecule has 0 spiro atoms. The van der Waals surface area contributed by atoms with Crippen molar-refractivity contribution < 1.29 is 19.4 Å². The number of aliphatic hydroxyl groups is 1. The molecule has 2 saturated carbocycles. The second-order valence-electron chi connectivity index (χ2n) is 10.6. The first-order valence-corrected chi connectivity index (χ1v) is 11.4. The molecule has 4 rings (SSSR count). The second kappa shape index (κ2) is 7.37. The second-order valence-corrected chi connectivity index (χ2v) is 10.6. The molecule has 160 valence electrons. The van der Waals surface area contributed by atoms with Gasteiger partial charge < -0.3 is 9.84 Å². The van der Waals surface area contributed by atoms with Crippen LogP contribution in [0, 0.1) is 40.4 Å². The Morgan fingerprint density at radius 1 is 1.24 bits per heavy atom. The van der Waals surface area contributed by atoms with Crippen molar-refractivity contribution in [2.45, 2.75) is 71.8 Å². The third kappa shape index (κ3) is 3.22. The minimum atomic E-state index is -1.02. The first-order chi connectivity index (χ1) is 13.7. The van der Waals surface area contributed by atoms with Crippen molar-refractivity contribution in [3.8, 4) is 0 Å². The van der Waals surface area contributed by atoms with Crippen molar-refractivity contribution in [1.29, 1.82) is 0 Å². The largest absolute Gasteiger partial charge is 0.467 e. The zero-order valence-electron chi connectivity index (χ0n) is 18.3. The van der Waals surface area contributed by atoms with Gasteiger partial charge in [-0.2, -0.15) is 0 Å². The van der Waals surface area contributed by atoms with Crippen LogP contribution in [0.15, 0.2) is 23.8 Å². The smallest absolute Gasteiger partial charge is 0.334 e. The molecule has 4 heteroatoms. The molecule has 0 radical (unpaired) electrons. The maximum atomic E-state index is 12.0. The van der Waals surface area contributed by atoms with E-state index in [0.717, 1.165) is 6.42 Å². The lowest BCUT2D eigenvalue weighted by atomic mass is 9.48. The Bertz CT molecular complexity index is 752. The zero-order valence-corrected chi connectivity index (χ0v) is 18.3. The topological polar surface area (TPSA) is 63.6 Å². The minimum absolute atomic E-state index is 0.138. The number of fused-ring (bicyclic) bond motifs is 5. The monoisotopic (exact) mass is 400 g/mol. The fraction of sp³-hybridized carbons (Fsp3) is 0.760. The first kappa shape index (κ1) is 20.8. The molecule has 2 fully saturated rings. The van der Waals surface area contributed by atoms with Gasteiger partial charge in [0.25, 0.3) is 0 Å². The maximum Gasteiger partial charge on any atom is 0.334 e. The number of ether oxygens (including phenoxy) is 1. The highest BCUT2D eigenvalue weighted by atomic mass is 16.5. The molecule has 0 saturated heterocycles. The van der Waals surface area contributed by atoms with Gasteiger partial charge in [0.2, 0.25) is 0 Å². The fourth-order valence-electron chi connectivity index (χ4n) is 7.72. The van der Waals surface area contributed by atoms with Crippen LogP contribution in [0.4, 0.5) is 0 Å². The molecule has 0 heterocycles. The average molecular weight is 401 g/mol. The van der Waals surface area contributed by atoms with Crippen molar-refractivity contribution in [2.24, 2.45) is 40.4 Å². The lowest BCUT2D eigenvalue weighted by Gasteiger charge is -2.56. The van der Waals surface area contributed by atoms with Crippen LogP contribution in [0.5, 0.6) is 0 Å². The molecular weight excluding hydrogens is 364 g/mol. The van der Waals surface area contributed by atoms with E-state index in [0.29, 0.717) is 42.4 Å². The Balaban J connectivity index is 1.56. The van der Waals surface area contributed by atoms with E-state index in [4.69, 9.17) is 4.74 Å². The Morgan fingerprint density at radius 2 is 2.00 bits per heavy atom. The van der Waals surface area contributed by atoms with E-state index in [1.807, 2.05) is 6.08 Å². The van der Waals surface area contributed by atoms with Crippen molar-refractivity contribution >= 4 is 11.8 Å². The van der Waals surface area contributed by atoms with Crippen LogP contribution in [0.25, 0.3) is 0 Å². The number of aliphatic hydroxyl groups excluding tert-OH is 1. The molecule has 0 aromatic rings. The highest BCUT2D eigenvalue weighted by Gasteiger charge is 2.58. The number of rotatable bonds is 4. The van der Waals surface area contributed by atoms with E-state index in [1.54, 1.807) is 0 Å². The Hall–Kier alpha value is -1.42. The summed E-state index contributed by atoms with van der Waals surface area (Å²) >= 11 is 0. The number of allylic oxidation sites excluding steroid dienone is 4. The van der Waals surface area contributed by atoms with Gasteiger partial charge in [0.05, 0.1) is 7.11 Å². The SMILES string of the molecule is COC(=O)C(O)C[C@@H](C)[C@H]1CCC2C3C=CC4=CC(=O)CC[C@]4(C)C3CC[C@@]21C. The van der Waals surface area contributed by atoms with Crippen LogP contribution in [0.3, 0.4) is 0 Å². The molecule has 4 aliphatic carbocycles. The molecule has 0 aromatic heterocycles. The van der Waals surface area contributed by atoms with Gasteiger partial charge in [-0.05, 0) is 90.6 Å². The van der Waals surface area contributed by atoms with Gasteiger partial charge in [0.1, 0.15) is 0 Å². The third-order valence-corrected chi connectivity index (χ3v) is 9.34. The maximum absolute atomic E-state index is 12.0. The van der Waals surface area contributed by atoms with E-state index in [1.165, 1.54) is 38.4 Å². The molecule has 0 bridgehead atoms. The molecule has 4 aliphatic rings. The summed E-state index contributed by atoms with van der Waals surface area (Å²) in [7, 11) is 1.34. The summed E-state index contributed by atoms with van der Waals surface area (Å²) in [5.41, 5.74) is 1.64. The predicted octanol–water partition coefficient (Wildman–Crippen LogP) is 4.47. The van der Waals surface area contributed by atoms with Crippen LogP contribution in [0.1, 0.15) is 65.7 Å². The normalized spacial score (nSPS) is 42.9. The van der Waals surface area contributed by atoms with Crippen LogP contribution < -0.4 is 0 Å². The number of ketones is 1. The van der Waals surface area contributed by atoms with Gasteiger partial charge in [-0.15, -0.1) is 0 Å². The third-order valence-electron chi connectivity index (χ3n) is 9.34. The standard InChI is InChI=1S/C25H36O4/c1-15(13-22(27)23(28)29-4)19-7-8-20-18-6-5-16-14-17(26)9-11-24(16,2)21(18)10-12-25(19,20)3/h5-6,14-15,18-22,27H,7-13H2,1-4H3/t15-,18?,19-,20?,21?,22?,24+,25-/m1/s1. The molecule has 1 N–H and O–H groups in total. The van der Waals surface area contributed by atoms with Crippen LogP contribution in [-0.2, 0) is 14.3 Å². The highest BCUT2D eigenvalue weighted by molar-refractivity contribution is 5.92. The highest BCUT2D eigenvalue weighted by Crippen LogP contribution is 2.66. The van der Waals surface area contributed by atoms with Crippen LogP contribution >= 0.6 is 0 Å². The van der Waals surface area contributed by atoms with Gasteiger partial charge in [-0.25, -0.2) is 4.79 Å². The van der Waals surface area contributed by atoms with E-state index < -0.39 is 12.1 Å². The Morgan fingerprint density at radius 3 is 2.72 bits per heavy atom. The van der Waals surface area contributed by atoms with E-state index in [9.17, 15) is 14.7 Å². The Kier molecular flexibility index (Phi) is 5.30. The van der Waals surface area contributed by atoms with E-state index >= 15 is 0 Å². The number of methoxy groups -OCH3 is 1. The minimum Gasteiger partial charge on any atom is -0.467 e. The molecule has 4 unspecified atom stereocenters. The van der Waals surface area contributed by atoms with Gasteiger partial charge in [-0.3, -0.25) is 4.79 Å². The zero-order chi connectivity index (χ0) is 21.0. The number of esters is 1. The molecule has 8 atom stereocenters. The van der Waals surface area contributed by atoms with Crippen LogP contribution in [0.2, 0.25) is 0 Å². The lowest BCUT2D eigenvalue weighted by Crippen LogP contribution is -2.49. The van der Waals surface area contributed by atoms with Crippen molar-refractivity contribution in [1.82, 2.24) is 0 Å². The molecule has 4 nitrogen and oxygen atoms in total. The summed E-state index contributed by atoms with van der Waals surface area (Å²) < 4.78 is 4.72. The summed E-state index contributed by atoms with van der Waals surface area (Å²) in [5, 5.41) is 10.2. The van der Waals surface area contributed by atoms with Gasteiger partial charge >= 0.3 is 5.97 Å². The average Bonchev–Trinajstić information content (AvgIpc) is 3.05. The molecule has 0 aliphatic heterocycles. The van der Waals surface area contributed by atoms with Crippen LogP contribution in [-0.4, -0.2) is 30.1 Å². The fourth-order valence-corrected chi connectivity index (χ4v) is 7.72. The van der Waals surface area contributed by atoms with Crippen molar-refractivity contribution in [3.63, 3.8) is 0 Å². The lowest BCUT2D eigenvalue weighted by molar-refractivity contribution is -0.151. The van der Waals surface area contributed by atoms with Crippen molar-refractivity contribution in [3.05, 3.63) is 23.8 Å². The van der Waals surface area contributed by atoms with Gasteiger partial charge in [0, 0.05) is 6.42 Å². The summed E-state index contributed by atoms with van der Waals surface area (Å²) in [6.45, 7) is 7.04. The van der Waals surface area contributed by atoms with Gasteiger partial charge in [-0.1, -0.05) is 32.9 Å². The molecular formula is C25H36O4. The molecule has 29 heavy (non-hydrogen) atoms.